The molecule has 0 aliphatic carbocycles. The Kier molecular flexibility index (Phi) is 2.46. The van der Waals surface area contributed by atoms with E-state index in [-0.39, 0.29) is 20.6 Å². The number of hydrogen-bond donors (Lipinski definition) is 0. The molecule has 0 saturated carbocycles. The first-order chi connectivity index (χ1) is 8.57. The average molecular weight is 283 g/mol. The largest absolute Gasteiger partial charge is 0.290 e. The van der Waals surface area contributed by atoms with Crippen LogP contribution in [0.5, 0.6) is 11.5 Å². The molecular formula is C12H7ClO4S. The highest BCUT2D eigenvalue weighted by molar-refractivity contribution is 7.91. The van der Waals surface area contributed by atoms with Gasteiger partial charge in [0.15, 0.2) is 11.5 Å². The van der Waals surface area contributed by atoms with Gasteiger partial charge in [0.2, 0.25) is 9.84 Å². The average Bonchev–Trinajstić information content (AvgIpc) is 2.41. The van der Waals surface area contributed by atoms with Crippen molar-refractivity contribution in [1.82, 2.24) is 0 Å². The zero-order valence-corrected chi connectivity index (χ0v) is 10.5. The van der Waals surface area contributed by atoms with Crippen molar-refractivity contribution < 1.29 is 18.2 Å². The topological polar surface area (TPSA) is 52.6 Å². The molecule has 4 aliphatic rings. The molecule has 2 aromatic rings. The van der Waals surface area contributed by atoms with E-state index >= 15 is 0 Å². The van der Waals surface area contributed by atoms with Gasteiger partial charge in [0.05, 0.1) is 14.8 Å². The quantitative estimate of drug-likeness (QED) is 0.697. The van der Waals surface area contributed by atoms with Gasteiger partial charge in [-0.25, -0.2) is 8.42 Å². The summed E-state index contributed by atoms with van der Waals surface area (Å²) in [5.74, 6) is 0.662. The van der Waals surface area contributed by atoms with Crippen molar-refractivity contribution >= 4 is 21.4 Å². The van der Waals surface area contributed by atoms with Crippen LogP contribution in [0.3, 0.4) is 0 Å². The van der Waals surface area contributed by atoms with Crippen LogP contribution in [-0.2, 0) is 9.84 Å². The van der Waals surface area contributed by atoms with E-state index in [2.05, 4.69) is 0 Å². The summed E-state index contributed by atoms with van der Waals surface area (Å²) < 4.78 is 24.6. The lowest BCUT2D eigenvalue weighted by atomic mass is 10.3. The van der Waals surface area contributed by atoms with E-state index in [0.717, 1.165) is 0 Å². The summed E-state index contributed by atoms with van der Waals surface area (Å²) in [6.07, 6.45) is 0. The third kappa shape index (κ3) is 1.72. The molecule has 4 aliphatic heterocycles. The van der Waals surface area contributed by atoms with Crippen LogP contribution in [0, 0.1) is 0 Å². The molecular weight excluding hydrogens is 276 g/mol. The van der Waals surface area contributed by atoms with Gasteiger partial charge in [0.25, 0.3) is 0 Å². The zero-order chi connectivity index (χ0) is 12.8. The van der Waals surface area contributed by atoms with Gasteiger partial charge in [-0.3, -0.25) is 9.78 Å². The van der Waals surface area contributed by atoms with Crippen molar-refractivity contribution in [2.24, 2.45) is 0 Å². The minimum atomic E-state index is -3.56. The van der Waals surface area contributed by atoms with E-state index < -0.39 is 9.84 Å². The Balaban J connectivity index is 2.33. The number of rotatable bonds is 0. The summed E-state index contributed by atoms with van der Waals surface area (Å²) in [5.41, 5.74) is 0. The Hall–Kier alpha value is -1.72. The van der Waals surface area contributed by atoms with Crippen LogP contribution in [-0.4, -0.2) is 8.42 Å². The first-order valence-corrected chi connectivity index (χ1v) is 6.93. The Morgan fingerprint density at radius 2 is 1.56 bits per heavy atom. The number of halogens is 1. The van der Waals surface area contributed by atoms with Gasteiger partial charge in [-0.2, -0.15) is 0 Å². The van der Waals surface area contributed by atoms with E-state index in [9.17, 15) is 8.42 Å². The van der Waals surface area contributed by atoms with Gasteiger partial charge >= 0.3 is 0 Å². The molecule has 0 amide bonds. The Labute approximate surface area is 109 Å². The molecule has 0 N–H and O–H groups in total. The zero-order valence-electron chi connectivity index (χ0n) is 8.96. The summed E-state index contributed by atoms with van der Waals surface area (Å²) in [6.45, 7) is 0. The van der Waals surface area contributed by atoms with Gasteiger partial charge in [0.1, 0.15) is 0 Å². The summed E-state index contributed by atoms with van der Waals surface area (Å²) in [7, 11) is -3.56. The molecule has 92 valence electrons. The monoisotopic (exact) mass is 282 g/mol. The third-order valence-corrected chi connectivity index (χ3v) is 4.64. The second-order valence-electron chi connectivity index (χ2n) is 3.73. The second kappa shape index (κ2) is 3.90. The Morgan fingerprint density at radius 1 is 0.889 bits per heavy atom. The maximum atomic E-state index is 12.3. The molecule has 4 nitrogen and oxygen atoms in total. The lowest BCUT2D eigenvalue weighted by Gasteiger charge is -2.06. The summed E-state index contributed by atoms with van der Waals surface area (Å²) >= 11 is 5.94. The van der Waals surface area contributed by atoms with Gasteiger partial charge < -0.3 is 0 Å². The highest BCUT2D eigenvalue weighted by Gasteiger charge is 2.20. The van der Waals surface area contributed by atoms with Crippen molar-refractivity contribution in [3.8, 4) is 11.5 Å². The van der Waals surface area contributed by atoms with Crippen molar-refractivity contribution in [1.29, 1.82) is 0 Å². The highest BCUT2D eigenvalue weighted by atomic mass is 35.5. The predicted molar refractivity (Wildman–Crippen MR) is 64.6 cm³/mol. The van der Waals surface area contributed by atoms with Crippen LogP contribution >= 0.6 is 11.6 Å². The van der Waals surface area contributed by atoms with Gasteiger partial charge in [0, 0.05) is 0 Å². The summed E-state index contributed by atoms with van der Waals surface area (Å²) in [5, 5.41) is 0.179. The lowest BCUT2D eigenvalue weighted by Crippen LogP contribution is -2.01. The van der Waals surface area contributed by atoms with Crippen molar-refractivity contribution in [2.75, 3.05) is 0 Å². The first kappa shape index (κ1) is 11.4. The molecule has 6 heteroatoms. The second-order valence-corrected chi connectivity index (χ2v) is 6.09. The molecule has 0 radical (unpaired) electrons. The van der Waals surface area contributed by atoms with Crippen LogP contribution in [0.25, 0.3) is 0 Å². The molecule has 0 spiro atoms. The Bertz CT molecular complexity index is 707. The highest BCUT2D eigenvalue weighted by Crippen LogP contribution is 2.32. The van der Waals surface area contributed by atoms with Crippen molar-refractivity contribution in [2.45, 2.75) is 9.79 Å². The fraction of sp³-hybridized carbons (Fsp3) is 0. The Morgan fingerprint density at radius 3 is 2.22 bits per heavy atom. The number of hydrogen-bond acceptors (Lipinski definition) is 4. The van der Waals surface area contributed by atoms with E-state index in [0.29, 0.717) is 5.75 Å². The molecule has 0 aromatic heterocycles. The predicted octanol–water partition coefficient (Wildman–Crippen LogP) is 2.86. The molecule has 0 fully saturated rings. The molecule has 2 aromatic carbocycles. The van der Waals surface area contributed by atoms with Gasteiger partial charge in [-0.15, -0.1) is 0 Å². The lowest BCUT2D eigenvalue weighted by molar-refractivity contribution is -0.0999. The standard InChI is InChI=1S/C12H7ClO4S/c13-11-7-10-5-6-12(11)17-16-8-1-3-9(4-2-8)18(10,14)15/h1-7H. The van der Waals surface area contributed by atoms with Crippen LogP contribution in [0.15, 0.2) is 52.3 Å². The number of sulfone groups is 1. The maximum absolute atomic E-state index is 12.3. The van der Waals surface area contributed by atoms with Crippen LogP contribution in [0.1, 0.15) is 0 Å². The SMILES string of the molecule is O=S1(=O)c2ccc(cc2)OOc2ccc1cc2Cl. The normalized spacial score (nSPS) is 15.6. The minimum Gasteiger partial charge on any atom is -0.290 e. The summed E-state index contributed by atoms with van der Waals surface area (Å²) in [6, 6.07) is 10.2. The van der Waals surface area contributed by atoms with E-state index in [1.54, 1.807) is 0 Å². The van der Waals surface area contributed by atoms with Gasteiger partial charge in [-0.05, 0) is 42.5 Å². The number of benzene rings is 2. The minimum absolute atomic E-state index is 0.120. The van der Waals surface area contributed by atoms with Gasteiger partial charge in [-0.1, -0.05) is 11.6 Å². The maximum Gasteiger partial charge on any atom is 0.206 e. The molecule has 4 bridgehead atoms. The smallest absolute Gasteiger partial charge is 0.206 e. The third-order valence-electron chi connectivity index (χ3n) is 2.58. The molecule has 18 heavy (non-hydrogen) atoms. The summed E-state index contributed by atoms with van der Waals surface area (Å²) in [4.78, 5) is 10.4. The van der Waals surface area contributed by atoms with E-state index in [1.165, 1.54) is 42.5 Å². The fourth-order valence-electron chi connectivity index (χ4n) is 1.62. The molecule has 6 rings (SSSR count). The molecule has 0 saturated heterocycles. The van der Waals surface area contributed by atoms with Crippen molar-refractivity contribution in [3.63, 3.8) is 0 Å². The molecule has 4 heterocycles. The van der Waals surface area contributed by atoms with E-state index in [4.69, 9.17) is 21.4 Å². The van der Waals surface area contributed by atoms with E-state index in [1.807, 2.05) is 0 Å². The molecule has 0 atom stereocenters. The first-order valence-electron chi connectivity index (χ1n) is 5.06. The fourth-order valence-corrected chi connectivity index (χ4v) is 3.18. The molecule has 0 unspecified atom stereocenters. The van der Waals surface area contributed by atoms with Crippen LogP contribution in [0.2, 0.25) is 5.02 Å². The van der Waals surface area contributed by atoms with Crippen LogP contribution in [0.4, 0.5) is 0 Å². The van der Waals surface area contributed by atoms with Crippen molar-refractivity contribution in [3.05, 3.63) is 47.5 Å². The van der Waals surface area contributed by atoms with Crippen LogP contribution < -0.4 is 9.78 Å².